The van der Waals surface area contributed by atoms with E-state index in [0.717, 1.165) is 44.5 Å². The molecular formula is C34H30IrN2O-2. The molecule has 0 unspecified atom stereocenters. The molecular weight excluding hydrogens is 645 g/mol. The van der Waals surface area contributed by atoms with Gasteiger partial charge in [-0.05, 0) is 40.9 Å². The Morgan fingerprint density at radius 1 is 0.684 bits per heavy atom. The molecule has 0 fully saturated rings. The summed E-state index contributed by atoms with van der Waals surface area (Å²) in [4.78, 5) is 8.76. The molecule has 0 N–H and O–H groups in total. The quantitative estimate of drug-likeness (QED) is 0.175. The van der Waals surface area contributed by atoms with Crippen molar-refractivity contribution in [3.8, 4) is 22.5 Å². The number of aromatic nitrogens is 2. The van der Waals surface area contributed by atoms with E-state index in [1.54, 1.807) is 6.20 Å². The van der Waals surface area contributed by atoms with E-state index in [9.17, 15) is 0 Å². The molecule has 3 aromatic carbocycles. The van der Waals surface area contributed by atoms with Gasteiger partial charge in [0.15, 0.2) is 0 Å². The van der Waals surface area contributed by atoms with E-state index in [0.29, 0.717) is 11.8 Å². The fourth-order valence-electron chi connectivity index (χ4n) is 4.39. The second-order valence-corrected chi connectivity index (χ2v) is 9.73. The van der Waals surface area contributed by atoms with Gasteiger partial charge in [-0.2, -0.15) is 0 Å². The molecule has 193 valence electrons. The van der Waals surface area contributed by atoms with Crippen molar-refractivity contribution in [3.63, 3.8) is 0 Å². The number of fused-ring (bicyclic) bond motifs is 3. The van der Waals surface area contributed by atoms with Crippen LogP contribution < -0.4 is 0 Å². The predicted octanol–water partition coefficient (Wildman–Crippen LogP) is 9.24. The predicted molar refractivity (Wildman–Crippen MR) is 152 cm³/mol. The van der Waals surface area contributed by atoms with Crippen LogP contribution in [0.15, 0.2) is 102 Å². The topological polar surface area (TPSA) is 38.9 Å². The number of hydrogen-bond acceptors (Lipinski definition) is 3. The molecule has 6 aromatic rings. The second-order valence-electron chi connectivity index (χ2n) is 9.73. The first-order valence-corrected chi connectivity index (χ1v) is 12.7. The van der Waals surface area contributed by atoms with Gasteiger partial charge in [-0.1, -0.05) is 75.0 Å². The molecule has 0 aliphatic rings. The van der Waals surface area contributed by atoms with Crippen LogP contribution >= 0.6 is 0 Å². The number of benzene rings is 3. The molecule has 4 heteroatoms. The van der Waals surface area contributed by atoms with Crippen molar-refractivity contribution in [1.82, 2.24) is 9.97 Å². The van der Waals surface area contributed by atoms with E-state index in [1.807, 2.05) is 54.7 Å². The van der Waals surface area contributed by atoms with Gasteiger partial charge in [-0.15, -0.1) is 59.7 Å². The third kappa shape index (κ3) is 5.93. The summed E-state index contributed by atoms with van der Waals surface area (Å²) in [7, 11) is 0. The zero-order chi connectivity index (χ0) is 25.8. The average Bonchev–Trinajstić information content (AvgIpc) is 3.32. The number of furan rings is 1. The van der Waals surface area contributed by atoms with Gasteiger partial charge in [0.25, 0.3) is 0 Å². The molecule has 0 bridgehead atoms. The minimum absolute atomic E-state index is 0. The summed E-state index contributed by atoms with van der Waals surface area (Å²) < 4.78 is 6.15. The molecule has 0 atom stereocenters. The van der Waals surface area contributed by atoms with Crippen molar-refractivity contribution in [2.75, 3.05) is 0 Å². The van der Waals surface area contributed by atoms with E-state index in [4.69, 9.17) is 4.42 Å². The Morgan fingerprint density at radius 2 is 1.50 bits per heavy atom. The van der Waals surface area contributed by atoms with Gasteiger partial charge in [0.05, 0.1) is 5.58 Å². The summed E-state index contributed by atoms with van der Waals surface area (Å²) in [6.07, 6.45) is 3.67. The maximum atomic E-state index is 6.15. The SMILES string of the molecule is CC(C)c1ccnc(-c2[c-]cc3oc4c(C(C)C)cccc4c3c2)c1.[Ir].[c-]1ccccc1-c1ccccn1. The molecule has 38 heavy (non-hydrogen) atoms. The van der Waals surface area contributed by atoms with Crippen LogP contribution in [0.2, 0.25) is 0 Å². The van der Waals surface area contributed by atoms with Crippen molar-refractivity contribution in [1.29, 1.82) is 0 Å². The van der Waals surface area contributed by atoms with Crippen molar-refractivity contribution >= 4 is 21.9 Å². The Balaban J connectivity index is 0.000000218. The van der Waals surface area contributed by atoms with Gasteiger partial charge < -0.3 is 14.4 Å². The molecule has 3 aromatic heterocycles. The van der Waals surface area contributed by atoms with Crippen molar-refractivity contribution in [2.24, 2.45) is 0 Å². The largest absolute Gasteiger partial charge is 0.500 e. The average molecular weight is 675 g/mol. The van der Waals surface area contributed by atoms with Crippen LogP contribution in [0.5, 0.6) is 0 Å². The first-order valence-electron chi connectivity index (χ1n) is 12.7. The minimum Gasteiger partial charge on any atom is -0.500 e. The van der Waals surface area contributed by atoms with Crippen LogP contribution in [0.3, 0.4) is 0 Å². The normalized spacial score (nSPS) is 10.9. The summed E-state index contributed by atoms with van der Waals surface area (Å²) in [6.45, 7) is 8.79. The number of hydrogen-bond donors (Lipinski definition) is 0. The molecule has 0 aliphatic heterocycles. The number of rotatable bonds is 4. The molecule has 6 rings (SSSR count). The molecule has 0 aliphatic carbocycles. The second kappa shape index (κ2) is 12.3. The van der Waals surface area contributed by atoms with Gasteiger partial charge in [0.1, 0.15) is 5.58 Å². The first kappa shape index (κ1) is 27.4. The van der Waals surface area contributed by atoms with Crippen molar-refractivity contribution in [3.05, 3.63) is 121 Å². The van der Waals surface area contributed by atoms with Crippen LogP contribution in [-0.2, 0) is 20.1 Å². The van der Waals surface area contributed by atoms with Gasteiger partial charge in [0.2, 0.25) is 0 Å². The molecule has 3 heterocycles. The fraction of sp³-hybridized carbons (Fsp3) is 0.176. The first-order chi connectivity index (χ1) is 18.0. The fourth-order valence-corrected chi connectivity index (χ4v) is 4.39. The maximum Gasteiger partial charge on any atom is 0.124 e. The summed E-state index contributed by atoms with van der Waals surface area (Å²) in [6, 6.07) is 34.9. The molecule has 1 radical (unpaired) electrons. The van der Waals surface area contributed by atoms with Crippen LogP contribution in [0.4, 0.5) is 0 Å². The Kier molecular flexibility index (Phi) is 8.88. The minimum atomic E-state index is 0. The summed E-state index contributed by atoms with van der Waals surface area (Å²) in [5.41, 5.74) is 8.38. The third-order valence-corrected chi connectivity index (χ3v) is 6.46. The van der Waals surface area contributed by atoms with E-state index in [-0.39, 0.29) is 20.1 Å². The van der Waals surface area contributed by atoms with Crippen LogP contribution in [0.25, 0.3) is 44.5 Å². The number of pyridine rings is 2. The monoisotopic (exact) mass is 675 g/mol. The van der Waals surface area contributed by atoms with E-state index in [1.165, 1.54) is 11.1 Å². The van der Waals surface area contributed by atoms with E-state index < -0.39 is 0 Å². The Bertz CT molecular complexity index is 1590. The summed E-state index contributed by atoms with van der Waals surface area (Å²) in [5.74, 6) is 0.908. The molecule has 0 amide bonds. The van der Waals surface area contributed by atoms with Gasteiger partial charge in [0, 0.05) is 37.9 Å². The molecule has 0 saturated heterocycles. The van der Waals surface area contributed by atoms with Gasteiger partial charge >= 0.3 is 0 Å². The Morgan fingerprint density at radius 3 is 2.21 bits per heavy atom. The van der Waals surface area contributed by atoms with Crippen molar-refractivity contribution < 1.29 is 24.5 Å². The Hall–Kier alpha value is -3.59. The van der Waals surface area contributed by atoms with E-state index in [2.05, 4.69) is 86.2 Å². The Labute approximate surface area is 238 Å². The van der Waals surface area contributed by atoms with Crippen LogP contribution in [0.1, 0.15) is 50.7 Å². The van der Waals surface area contributed by atoms with Gasteiger partial charge in [-0.3, -0.25) is 0 Å². The van der Waals surface area contributed by atoms with Gasteiger partial charge in [-0.25, -0.2) is 0 Å². The maximum absolute atomic E-state index is 6.15. The van der Waals surface area contributed by atoms with Crippen LogP contribution in [-0.4, -0.2) is 9.97 Å². The summed E-state index contributed by atoms with van der Waals surface area (Å²) >= 11 is 0. The third-order valence-electron chi connectivity index (χ3n) is 6.46. The standard InChI is InChI=1S/C23H22NO.C11H8N.Ir/c1-14(2)16-10-11-24-21(13-16)17-8-9-22-20(12-17)19-7-5-6-18(15(3)4)23(19)25-22;1-2-6-10(7-3-1)11-8-4-5-9-12-11;/h5-7,9-15H,1-4H3;1-6,8-9H;/q2*-1;. The summed E-state index contributed by atoms with van der Waals surface area (Å²) in [5, 5.41) is 2.29. The zero-order valence-corrected chi connectivity index (χ0v) is 24.4. The molecule has 0 spiro atoms. The van der Waals surface area contributed by atoms with Crippen LogP contribution in [0, 0.1) is 12.1 Å². The number of nitrogens with zero attached hydrogens (tertiary/aromatic N) is 2. The smallest absolute Gasteiger partial charge is 0.124 e. The zero-order valence-electron chi connectivity index (χ0n) is 22.0. The van der Waals surface area contributed by atoms with Crippen molar-refractivity contribution in [2.45, 2.75) is 39.5 Å². The molecule has 3 nitrogen and oxygen atoms in total. The number of para-hydroxylation sites is 1. The van der Waals surface area contributed by atoms with E-state index >= 15 is 0 Å². The molecule has 0 saturated carbocycles.